The van der Waals surface area contributed by atoms with Gasteiger partial charge in [-0.05, 0) is 48.6 Å². The summed E-state index contributed by atoms with van der Waals surface area (Å²) in [5.41, 5.74) is -2.57. The van der Waals surface area contributed by atoms with Crippen LogP contribution in [0, 0.1) is 46.8 Å². The lowest BCUT2D eigenvalue weighted by Gasteiger charge is -2.50. The van der Waals surface area contributed by atoms with Gasteiger partial charge in [0.05, 0.1) is 24.6 Å². The van der Waals surface area contributed by atoms with Crippen molar-refractivity contribution in [2.45, 2.75) is 28.5 Å². The van der Waals surface area contributed by atoms with Gasteiger partial charge in [0.15, 0.2) is 44.5 Å². The van der Waals surface area contributed by atoms with Gasteiger partial charge in [-0.15, -0.1) is 23.2 Å². The number of imide groups is 2. The zero-order valence-electron chi connectivity index (χ0n) is 26.1. The Bertz CT molecular complexity index is 2210. The van der Waals surface area contributed by atoms with Gasteiger partial charge in [-0.3, -0.25) is 19.2 Å². The Hall–Kier alpha value is -5.22. The number of phenolic OH excluding ortho intramolecular Hbond substituents is 1. The first-order valence-corrected chi connectivity index (χ1v) is 16.0. The van der Waals surface area contributed by atoms with Crippen molar-refractivity contribution in [3.05, 3.63) is 88.3 Å². The summed E-state index contributed by atoms with van der Waals surface area (Å²) in [5, 5.41) is 30.3. The highest BCUT2D eigenvalue weighted by molar-refractivity contribution is 6.58. The maximum Gasteiger partial charge on any atom is 0.339 e. The molecule has 3 fully saturated rings. The molecule has 2 heterocycles. The van der Waals surface area contributed by atoms with E-state index in [0.717, 1.165) is 24.3 Å². The predicted octanol–water partition coefficient (Wildman–Crippen LogP) is 5.27. The van der Waals surface area contributed by atoms with Crippen LogP contribution in [-0.4, -0.2) is 61.8 Å². The van der Waals surface area contributed by atoms with Crippen LogP contribution in [0.25, 0.3) is 0 Å². The van der Waals surface area contributed by atoms with Crippen molar-refractivity contribution in [2.75, 3.05) is 16.9 Å². The van der Waals surface area contributed by atoms with Crippen LogP contribution in [0.3, 0.4) is 0 Å². The molecule has 4 aliphatic rings. The summed E-state index contributed by atoms with van der Waals surface area (Å²) < 4.78 is 78.3. The molecule has 4 amide bonds. The van der Waals surface area contributed by atoms with Crippen LogP contribution in [-0.2, 0) is 19.2 Å². The molecule has 1 saturated carbocycles. The topological polar surface area (TPSA) is 162 Å². The van der Waals surface area contributed by atoms with E-state index in [1.54, 1.807) is 0 Å². The number of aromatic hydroxyl groups is 2. The van der Waals surface area contributed by atoms with Gasteiger partial charge in [0.1, 0.15) is 17.0 Å². The number of hydrogen-bond acceptors (Lipinski definition) is 8. The Morgan fingerprint density at radius 3 is 2.04 bits per heavy atom. The number of nitrogens with zero attached hydrogens (tertiary/aromatic N) is 2. The number of ether oxygens (including phenoxy) is 1. The number of carboxylic acids is 1. The van der Waals surface area contributed by atoms with Gasteiger partial charge in [0, 0.05) is 12.0 Å². The minimum atomic E-state index is -2.80. The fraction of sp³-hybridized carbons (Fsp3) is 0.265. The lowest BCUT2D eigenvalue weighted by Crippen LogP contribution is -2.60. The van der Waals surface area contributed by atoms with Crippen LogP contribution in [0.4, 0.5) is 33.3 Å². The Balaban J connectivity index is 1.41. The van der Waals surface area contributed by atoms with Gasteiger partial charge in [-0.25, -0.2) is 36.5 Å². The molecular formula is C34H21Cl2F5N2O9. The van der Waals surface area contributed by atoms with Crippen molar-refractivity contribution in [1.29, 1.82) is 0 Å². The number of rotatable bonds is 5. The molecule has 18 heteroatoms. The maximum atomic E-state index is 15.2. The SMILES string of the molecule is COc1ccc(C2C3=CCC4C(=O)N(c5ccc(C(=O)O)c(O)c5)C(=O)C4C3CC3(Cl)C(=O)N(c4c(F)c(F)c(F)c(F)c4F)C(=O)C23Cl)cc1O. The second kappa shape index (κ2) is 11.6. The molecule has 0 aromatic heterocycles. The van der Waals surface area contributed by atoms with Crippen LogP contribution >= 0.6 is 23.2 Å². The van der Waals surface area contributed by atoms with Crippen molar-refractivity contribution in [2.24, 2.45) is 17.8 Å². The third-order valence-electron chi connectivity index (χ3n) is 10.2. The van der Waals surface area contributed by atoms with E-state index in [-0.39, 0.29) is 33.9 Å². The number of fused-ring (bicyclic) bond motifs is 4. The summed E-state index contributed by atoms with van der Waals surface area (Å²) in [6.07, 6.45) is 0.508. The maximum absolute atomic E-state index is 15.2. The Kier molecular flexibility index (Phi) is 7.88. The summed E-state index contributed by atoms with van der Waals surface area (Å²) in [6.45, 7) is 0. The molecule has 2 aliphatic heterocycles. The highest BCUT2D eigenvalue weighted by Gasteiger charge is 2.77. The molecule has 2 aliphatic carbocycles. The molecule has 3 aromatic carbocycles. The minimum absolute atomic E-state index is 0.0454. The average molecular weight is 767 g/mol. The molecule has 7 rings (SSSR count). The van der Waals surface area contributed by atoms with Crippen LogP contribution in [0.15, 0.2) is 48.0 Å². The number of alkyl halides is 2. The number of carbonyl (C=O) groups is 5. The second-order valence-corrected chi connectivity index (χ2v) is 13.9. The third kappa shape index (κ3) is 4.39. The molecule has 0 spiro atoms. The first-order chi connectivity index (χ1) is 24.4. The Labute approximate surface area is 298 Å². The average Bonchev–Trinajstić information content (AvgIpc) is 3.44. The summed E-state index contributed by atoms with van der Waals surface area (Å²) >= 11 is 14.1. The quantitative estimate of drug-likeness (QED) is 0.0785. The smallest absolute Gasteiger partial charge is 0.339 e. The van der Waals surface area contributed by atoms with E-state index >= 15 is 8.78 Å². The van der Waals surface area contributed by atoms with Crippen LogP contribution < -0.4 is 14.5 Å². The molecule has 6 atom stereocenters. The number of hydrogen-bond donors (Lipinski definition) is 3. The van der Waals surface area contributed by atoms with Crippen molar-refractivity contribution < 1.29 is 66.0 Å². The number of allylic oxidation sites excluding steroid dienone is 2. The van der Waals surface area contributed by atoms with Crippen molar-refractivity contribution >= 4 is 64.2 Å². The van der Waals surface area contributed by atoms with E-state index < -0.39 is 121 Å². The van der Waals surface area contributed by atoms with E-state index in [1.807, 2.05) is 0 Å². The van der Waals surface area contributed by atoms with E-state index in [9.17, 15) is 52.5 Å². The highest BCUT2D eigenvalue weighted by atomic mass is 35.5. The monoisotopic (exact) mass is 766 g/mol. The number of amides is 4. The highest BCUT2D eigenvalue weighted by Crippen LogP contribution is 2.66. The largest absolute Gasteiger partial charge is 0.507 e. The molecular weight excluding hydrogens is 746 g/mol. The summed E-state index contributed by atoms with van der Waals surface area (Å²) in [7, 11) is 1.23. The number of halogens is 7. The number of methoxy groups -OCH3 is 1. The minimum Gasteiger partial charge on any atom is -0.507 e. The van der Waals surface area contributed by atoms with E-state index in [2.05, 4.69) is 0 Å². The summed E-state index contributed by atoms with van der Waals surface area (Å²) in [6, 6.07) is 6.61. The van der Waals surface area contributed by atoms with E-state index in [0.29, 0.717) is 4.90 Å². The van der Waals surface area contributed by atoms with Gasteiger partial charge in [-0.2, -0.15) is 0 Å². The van der Waals surface area contributed by atoms with Gasteiger partial charge in [-0.1, -0.05) is 17.7 Å². The summed E-state index contributed by atoms with van der Waals surface area (Å²) in [4.78, 5) is 62.8. The van der Waals surface area contributed by atoms with Gasteiger partial charge < -0.3 is 20.1 Å². The zero-order valence-corrected chi connectivity index (χ0v) is 27.6. The van der Waals surface area contributed by atoms with Crippen molar-refractivity contribution in [3.8, 4) is 17.2 Å². The molecule has 0 bridgehead atoms. The molecule has 11 nitrogen and oxygen atoms in total. The van der Waals surface area contributed by atoms with Crippen LogP contribution in [0.5, 0.6) is 17.2 Å². The van der Waals surface area contributed by atoms with Gasteiger partial charge in [0.2, 0.25) is 17.6 Å². The molecule has 52 heavy (non-hydrogen) atoms. The Morgan fingerprint density at radius 2 is 1.46 bits per heavy atom. The van der Waals surface area contributed by atoms with Crippen LogP contribution in [0.1, 0.15) is 34.7 Å². The van der Waals surface area contributed by atoms with Crippen molar-refractivity contribution in [1.82, 2.24) is 0 Å². The normalized spacial score (nSPS) is 28.1. The van der Waals surface area contributed by atoms with E-state index in [4.69, 9.17) is 27.9 Å². The lowest BCUT2D eigenvalue weighted by molar-refractivity contribution is -0.125. The molecule has 3 aromatic rings. The van der Waals surface area contributed by atoms with Gasteiger partial charge in [0.25, 0.3) is 11.8 Å². The fourth-order valence-electron chi connectivity index (χ4n) is 7.92. The lowest BCUT2D eigenvalue weighted by atomic mass is 9.56. The molecule has 2 saturated heterocycles. The second-order valence-electron chi connectivity index (χ2n) is 12.6. The molecule has 6 unspecified atom stereocenters. The standard InChI is InChI=1S/C34H21Cl2F5N2O9/c1-52-19-7-2-11(8-18(19)45)21-13-5-6-15-20(29(47)42(28(15)46)12-3-4-14(30(48)49)17(44)9-12)16(13)10-33(35)31(50)43(32(51)34(21,33)36)27-25(40)23(38)22(37)24(39)26(27)41/h2-5,7-9,15-16,20-21,44-45H,6,10H2,1H3,(H,48,49). The number of anilines is 2. The molecule has 270 valence electrons. The number of benzene rings is 3. The fourth-order valence-corrected chi connectivity index (χ4v) is 8.86. The number of carboxylic acid groups (broad SMARTS) is 1. The van der Waals surface area contributed by atoms with Gasteiger partial charge >= 0.3 is 5.97 Å². The number of carbonyl (C=O) groups excluding carboxylic acids is 4. The zero-order chi connectivity index (χ0) is 37.9. The predicted molar refractivity (Wildman–Crippen MR) is 169 cm³/mol. The third-order valence-corrected chi connectivity index (χ3v) is 11.6. The van der Waals surface area contributed by atoms with E-state index in [1.165, 1.54) is 25.3 Å². The number of phenols is 2. The Morgan fingerprint density at radius 1 is 0.827 bits per heavy atom. The number of aromatic carboxylic acids is 1. The van der Waals surface area contributed by atoms with Crippen molar-refractivity contribution in [3.63, 3.8) is 0 Å². The first-order valence-electron chi connectivity index (χ1n) is 15.2. The first kappa shape index (κ1) is 35.2. The van der Waals surface area contributed by atoms with Crippen LogP contribution in [0.2, 0.25) is 0 Å². The molecule has 3 N–H and O–H groups in total. The summed E-state index contributed by atoms with van der Waals surface area (Å²) in [5.74, 6) is -25.8. The molecule has 0 radical (unpaired) electrons.